The summed E-state index contributed by atoms with van der Waals surface area (Å²) in [4.78, 5) is 27.3. The molecule has 0 saturated carbocycles. The molecule has 4 rings (SSSR count). The molecule has 1 N–H and O–H groups in total. The van der Waals surface area contributed by atoms with Crippen LogP contribution in [-0.2, 0) is 7.05 Å². The summed E-state index contributed by atoms with van der Waals surface area (Å²) in [5.41, 5.74) is 0.597. The normalized spacial score (nSPS) is 11.1. The molecule has 1 amide bonds. The molecule has 9 nitrogen and oxygen atoms in total. The molecule has 30 heavy (non-hydrogen) atoms. The summed E-state index contributed by atoms with van der Waals surface area (Å²) in [6.07, 6.45) is 3.31. The van der Waals surface area contributed by atoms with Crippen LogP contribution < -0.4 is 5.32 Å². The van der Waals surface area contributed by atoms with Gasteiger partial charge in [-0.2, -0.15) is 10.2 Å². The van der Waals surface area contributed by atoms with Crippen molar-refractivity contribution < 1.29 is 22.8 Å². The van der Waals surface area contributed by atoms with Crippen molar-refractivity contribution >= 4 is 17.9 Å². The standard InChI is InChI=1S/C19H14F2N6O3/c1-26-7-12(6-22-26)19-24-15(10-30-19)18(29)23-14-8-27(25-16(14)17(20)21)13-4-2-11(9-28)3-5-13/h2-10,17H,1H3,(H,23,29). The Morgan fingerprint density at radius 1 is 1.23 bits per heavy atom. The van der Waals surface area contributed by atoms with Gasteiger partial charge in [0.15, 0.2) is 11.4 Å². The fourth-order valence-electron chi connectivity index (χ4n) is 2.71. The Hall–Kier alpha value is -4.15. The van der Waals surface area contributed by atoms with E-state index in [-0.39, 0.29) is 17.3 Å². The molecule has 0 unspecified atom stereocenters. The monoisotopic (exact) mass is 412 g/mol. The number of oxazole rings is 1. The highest BCUT2D eigenvalue weighted by molar-refractivity contribution is 6.03. The second-order valence-corrected chi connectivity index (χ2v) is 6.28. The zero-order chi connectivity index (χ0) is 21.3. The average molecular weight is 412 g/mol. The van der Waals surface area contributed by atoms with Gasteiger partial charge in [0, 0.05) is 18.8 Å². The first-order valence-corrected chi connectivity index (χ1v) is 8.64. The number of hydrogen-bond donors (Lipinski definition) is 1. The van der Waals surface area contributed by atoms with Gasteiger partial charge in [0.2, 0.25) is 5.89 Å². The number of anilines is 1. The maximum absolute atomic E-state index is 13.4. The van der Waals surface area contributed by atoms with Crippen molar-refractivity contribution in [1.82, 2.24) is 24.5 Å². The molecule has 0 bridgehead atoms. The minimum absolute atomic E-state index is 0.0860. The predicted molar refractivity (Wildman–Crippen MR) is 101 cm³/mol. The molecule has 0 spiro atoms. The van der Waals surface area contributed by atoms with Crippen molar-refractivity contribution in [2.45, 2.75) is 6.43 Å². The Morgan fingerprint density at radius 2 is 2.00 bits per heavy atom. The van der Waals surface area contributed by atoms with Crippen LogP contribution in [0.15, 0.2) is 53.5 Å². The number of rotatable bonds is 6. The summed E-state index contributed by atoms with van der Waals surface area (Å²) in [6, 6.07) is 6.16. The lowest BCUT2D eigenvalue weighted by molar-refractivity contribution is 0.102. The van der Waals surface area contributed by atoms with Gasteiger partial charge in [0.1, 0.15) is 12.5 Å². The molecule has 0 saturated heterocycles. The summed E-state index contributed by atoms with van der Waals surface area (Å²) < 4.78 is 34.9. The summed E-state index contributed by atoms with van der Waals surface area (Å²) in [7, 11) is 1.72. The Kier molecular flexibility index (Phi) is 4.92. The van der Waals surface area contributed by atoms with Gasteiger partial charge in [-0.3, -0.25) is 14.3 Å². The number of benzene rings is 1. The summed E-state index contributed by atoms with van der Waals surface area (Å²) in [5, 5.41) is 10.2. The third kappa shape index (κ3) is 3.72. The molecule has 0 atom stereocenters. The maximum Gasteiger partial charge on any atom is 0.284 e. The van der Waals surface area contributed by atoms with Crippen molar-refractivity contribution in [1.29, 1.82) is 0 Å². The first-order chi connectivity index (χ1) is 14.4. The minimum atomic E-state index is -2.92. The summed E-state index contributed by atoms with van der Waals surface area (Å²) >= 11 is 0. The number of hydrogen-bond acceptors (Lipinski definition) is 6. The van der Waals surface area contributed by atoms with Gasteiger partial charge in [-0.25, -0.2) is 18.4 Å². The predicted octanol–water partition coefficient (Wildman–Crippen LogP) is 3.26. The Labute approximate surface area is 167 Å². The zero-order valence-electron chi connectivity index (χ0n) is 15.5. The van der Waals surface area contributed by atoms with Gasteiger partial charge in [-0.1, -0.05) is 0 Å². The van der Waals surface area contributed by atoms with Crippen LogP contribution in [0.5, 0.6) is 0 Å². The number of nitrogens with one attached hydrogen (secondary N) is 1. The third-order valence-electron chi connectivity index (χ3n) is 4.18. The van der Waals surface area contributed by atoms with Crippen molar-refractivity contribution in [2.75, 3.05) is 5.32 Å². The van der Waals surface area contributed by atoms with Crippen molar-refractivity contribution in [3.05, 3.63) is 66.1 Å². The number of aryl methyl sites for hydroxylation is 1. The molecule has 0 aliphatic rings. The van der Waals surface area contributed by atoms with E-state index in [2.05, 4.69) is 20.5 Å². The number of carbonyl (C=O) groups excluding carboxylic acids is 2. The van der Waals surface area contributed by atoms with E-state index < -0.39 is 18.0 Å². The van der Waals surface area contributed by atoms with Crippen LogP contribution in [0.4, 0.5) is 14.5 Å². The molecule has 0 fully saturated rings. The number of carbonyl (C=O) groups is 2. The molecule has 1 aromatic carbocycles. The molecule has 0 aliphatic heterocycles. The topological polar surface area (TPSA) is 108 Å². The number of halogens is 2. The molecular weight excluding hydrogens is 398 g/mol. The highest BCUT2D eigenvalue weighted by Gasteiger charge is 2.22. The van der Waals surface area contributed by atoms with E-state index in [0.717, 1.165) is 6.26 Å². The number of nitrogens with zero attached hydrogens (tertiary/aromatic N) is 5. The maximum atomic E-state index is 13.4. The number of aromatic nitrogens is 5. The van der Waals surface area contributed by atoms with E-state index in [4.69, 9.17) is 4.42 Å². The molecule has 11 heteroatoms. The second kappa shape index (κ2) is 7.70. The molecule has 0 aliphatic carbocycles. The summed E-state index contributed by atoms with van der Waals surface area (Å²) in [6.45, 7) is 0. The number of aldehydes is 1. The van der Waals surface area contributed by atoms with Gasteiger partial charge in [-0.05, 0) is 24.3 Å². The van der Waals surface area contributed by atoms with E-state index in [1.54, 1.807) is 30.1 Å². The van der Waals surface area contributed by atoms with E-state index in [9.17, 15) is 18.4 Å². The van der Waals surface area contributed by atoms with Crippen LogP contribution in [-0.4, -0.2) is 36.7 Å². The van der Waals surface area contributed by atoms with Crippen LogP contribution in [0.2, 0.25) is 0 Å². The van der Waals surface area contributed by atoms with Gasteiger partial charge in [0.05, 0.1) is 29.3 Å². The van der Waals surface area contributed by atoms with Gasteiger partial charge < -0.3 is 9.73 Å². The number of alkyl halides is 2. The van der Waals surface area contributed by atoms with E-state index in [1.807, 2.05) is 0 Å². The van der Waals surface area contributed by atoms with Crippen LogP contribution >= 0.6 is 0 Å². The SMILES string of the molecule is Cn1cc(-c2nc(C(=O)Nc3cn(-c4ccc(C=O)cc4)nc3C(F)F)co2)cn1. The van der Waals surface area contributed by atoms with Crippen LogP contribution in [0.1, 0.15) is 33.0 Å². The molecule has 152 valence electrons. The Bertz CT molecular complexity index is 1210. The Morgan fingerprint density at radius 3 is 2.63 bits per heavy atom. The Balaban J connectivity index is 1.59. The van der Waals surface area contributed by atoms with Crippen molar-refractivity contribution in [3.63, 3.8) is 0 Å². The largest absolute Gasteiger partial charge is 0.444 e. The lowest BCUT2D eigenvalue weighted by atomic mass is 10.2. The summed E-state index contributed by atoms with van der Waals surface area (Å²) in [5.74, 6) is -0.556. The quantitative estimate of drug-likeness (QED) is 0.487. The van der Waals surface area contributed by atoms with Crippen LogP contribution in [0, 0.1) is 0 Å². The highest BCUT2D eigenvalue weighted by atomic mass is 19.3. The van der Waals surface area contributed by atoms with Gasteiger partial charge >= 0.3 is 0 Å². The van der Waals surface area contributed by atoms with E-state index in [0.29, 0.717) is 23.1 Å². The zero-order valence-corrected chi connectivity index (χ0v) is 15.5. The lowest BCUT2D eigenvalue weighted by Crippen LogP contribution is -2.13. The van der Waals surface area contributed by atoms with E-state index >= 15 is 0 Å². The molecular formula is C19H14F2N6O3. The van der Waals surface area contributed by atoms with Crippen molar-refractivity contribution in [3.8, 4) is 17.1 Å². The molecule has 0 radical (unpaired) electrons. The van der Waals surface area contributed by atoms with Gasteiger partial charge in [0.25, 0.3) is 12.3 Å². The second-order valence-electron chi connectivity index (χ2n) is 6.28. The minimum Gasteiger partial charge on any atom is -0.444 e. The first kappa shape index (κ1) is 19.2. The molecule has 3 aromatic heterocycles. The third-order valence-corrected chi connectivity index (χ3v) is 4.18. The van der Waals surface area contributed by atoms with Gasteiger partial charge in [-0.15, -0.1) is 0 Å². The lowest BCUT2D eigenvalue weighted by Gasteiger charge is -2.01. The van der Waals surface area contributed by atoms with Crippen LogP contribution in [0.3, 0.4) is 0 Å². The molecule has 3 heterocycles. The fraction of sp³-hybridized carbons (Fsp3) is 0.105. The molecule has 4 aromatic rings. The highest BCUT2D eigenvalue weighted by Crippen LogP contribution is 2.27. The first-order valence-electron chi connectivity index (χ1n) is 8.64. The van der Waals surface area contributed by atoms with Crippen molar-refractivity contribution in [2.24, 2.45) is 7.05 Å². The average Bonchev–Trinajstić information content (AvgIpc) is 3.47. The number of amides is 1. The van der Waals surface area contributed by atoms with E-state index in [1.165, 1.54) is 29.2 Å². The van der Waals surface area contributed by atoms with Crippen LogP contribution in [0.25, 0.3) is 17.1 Å². The fourth-order valence-corrected chi connectivity index (χ4v) is 2.71. The smallest absolute Gasteiger partial charge is 0.284 e.